The van der Waals surface area contributed by atoms with Gasteiger partial charge in [-0.25, -0.2) is 4.52 Å². The first-order chi connectivity index (χ1) is 16.3. The van der Waals surface area contributed by atoms with Crippen molar-refractivity contribution < 1.29 is 4.74 Å². The van der Waals surface area contributed by atoms with E-state index in [1.54, 1.807) is 18.4 Å². The Morgan fingerprint density at radius 3 is 2.52 bits per heavy atom. The number of thiazole rings is 1. The van der Waals surface area contributed by atoms with Crippen LogP contribution >= 0.6 is 11.3 Å². The van der Waals surface area contributed by atoms with Crippen molar-refractivity contribution in [2.75, 3.05) is 12.4 Å². The third-order valence-electron chi connectivity index (χ3n) is 6.02. The highest BCUT2D eigenvalue weighted by atomic mass is 32.1. The van der Waals surface area contributed by atoms with Gasteiger partial charge in [-0.05, 0) is 79.3 Å². The van der Waals surface area contributed by atoms with Crippen LogP contribution < -0.4 is 10.1 Å². The van der Waals surface area contributed by atoms with Gasteiger partial charge in [-0.15, -0.1) is 26.6 Å². The third kappa shape index (κ3) is 3.82. The summed E-state index contributed by atoms with van der Waals surface area (Å²) < 4.78 is 7.09. The van der Waals surface area contributed by atoms with Gasteiger partial charge in [0.1, 0.15) is 5.75 Å². The number of nitrogens with one attached hydrogen (secondary N) is 1. The Bertz CT molecular complexity index is 1420. The first kappa shape index (κ1) is 19.9. The number of ether oxygens (including phenoxy) is 1. The van der Waals surface area contributed by atoms with E-state index in [9.17, 15) is 0 Å². The summed E-state index contributed by atoms with van der Waals surface area (Å²) in [5.74, 6) is 1.93. The molecule has 1 N–H and O–H groups in total. The van der Waals surface area contributed by atoms with Crippen LogP contribution in [0.5, 0.6) is 5.75 Å². The molecule has 0 spiro atoms. The predicted molar refractivity (Wildman–Crippen MR) is 130 cm³/mol. The molecule has 0 bridgehead atoms. The number of rotatable bonds is 5. The second-order valence-corrected chi connectivity index (χ2v) is 8.94. The molecular weight excluding hydrogens is 432 g/mol. The smallest absolute Gasteiger partial charge is 0.249 e. The highest BCUT2D eigenvalue weighted by molar-refractivity contribution is 7.15. The number of methoxy groups -OCH3 is 1. The molecule has 33 heavy (non-hydrogen) atoms. The molecule has 0 unspecified atom stereocenters. The Morgan fingerprint density at radius 2 is 1.73 bits per heavy atom. The highest BCUT2D eigenvalue weighted by Crippen LogP contribution is 2.29. The summed E-state index contributed by atoms with van der Waals surface area (Å²) in [6.07, 6.45) is 4.88. The number of hydrogen-bond acceptors (Lipinski definition) is 7. The van der Waals surface area contributed by atoms with Crippen molar-refractivity contribution >= 4 is 28.1 Å². The van der Waals surface area contributed by atoms with E-state index in [1.165, 1.54) is 30.4 Å². The molecule has 8 heteroatoms. The fourth-order valence-electron chi connectivity index (χ4n) is 4.25. The van der Waals surface area contributed by atoms with Crippen LogP contribution in [0.3, 0.4) is 0 Å². The van der Waals surface area contributed by atoms with Crippen molar-refractivity contribution in [3.8, 4) is 28.3 Å². The van der Waals surface area contributed by atoms with E-state index < -0.39 is 0 Å². The van der Waals surface area contributed by atoms with Crippen molar-refractivity contribution in [3.05, 3.63) is 71.1 Å². The number of hydrogen-bond donors (Lipinski definition) is 1. The Hall–Kier alpha value is -3.78. The molecule has 0 amide bonds. The normalized spacial score (nSPS) is 13.1. The van der Waals surface area contributed by atoms with Crippen molar-refractivity contribution in [3.63, 3.8) is 0 Å². The average molecular weight is 455 g/mol. The van der Waals surface area contributed by atoms with Gasteiger partial charge in [-0.2, -0.15) is 4.98 Å². The SMILES string of the molecule is COc1ccc(-c2csc3nc(Nc4ccc(-c5ccc6c(c5)CCCC6)nn4)nn23)cc1. The number of nitrogens with zero attached hydrogens (tertiary/aromatic N) is 5. The molecule has 0 saturated carbocycles. The number of benzene rings is 2. The molecule has 164 valence electrons. The summed E-state index contributed by atoms with van der Waals surface area (Å²) in [7, 11) is 1.66. The topological polar surface area (TPSA) is 77.2 Å². The number of fused-ring (bicyclic) bond motifs is 2. The molecule has 0 fully saturated rings. The van der Waals surface area contributed by atoms with E-state index in [4.69, 9.17) is 4.74 Å². The molecule has 0 atom stereocenters. The van der Waals surface area contributed by atoms with Gasteiger partial charge in [0.2, 0.25) is 10.9 Å². The lowest BCUT2D eigenvalue weighted by Gasteiger charge is -2.16. The van der Waals surface area contributed by atoms with Gasteiger partial charge in [-0.1, -0.05) is 12.1 Å². The maximum Gasteiger partial charge on any atom is 0.249 e. The molecule has 0 aliphatic heterocycles. The van der Waals surface area contributed by atoms with E-state index in [1.807, 2.05) is 46.3 Å². The Labute approximate surface area is 195 Å². The minimum Gasteiger partial charge on any atom is -0.497 e. The number of aryl methyl sites for hydroxylation is 2. The lowest BCUT2D eigenvalue weighted by Crippen LogP contribution is -2.03. The molecule has 6 rings (SSSR count). The summed E-state index contributed by atoms with van der Waals surface area (Å²) in [5, 5.41) is 18.6. The summed E-state index contributed by atoms with van der Waals surface area (Å²) in [5.41, 5.74) is 6.92. The van der Waals surface area contributed by atoms with Gasteiger partial charge in [-0.3, -0.25) is 0 Å². The highest BCUT2D eigenvalue weighted by Gasteiger charge is 2.14. The molecule has 0 radical (unpaired) electrons. The molecule has 1 aliphatic rings. The zero-order valence-electron chi connectivity index (χ0n) is 18.2. The summed E-state index contributed by atoms with van der Waals surface area (Å²) in [6, 6.07) is 18.5. The molecule has 1 aliphatic carbocycles. The van der Waals surface area contributed by atoms with Crippen LogP contribution in [0.15, 0.2) is 60.0 Å². The van der Waals surface area contributed by atoms with Gasteiger partial charge in [0, 0.05) is 16.5 Å². The van der Waals surface area contributed by atoms with E-state index in [0.717, 1.165) is 39.6 Å². The number of aromatic nitrogens is 5. The molecular formula is C25H22N6OS. The van der Waals surface area contributed by atoms with Crippen molar-refractivity contribution in [1.29, 1.82) is 0 Å². The van der Waals surface area contributed by atoms with Crippen molar-refractivity contribution in [2.45, 2.75) is 25.7 Å². The second-order valence-electron chi connectivity index (χ2n) is 8.10. The molecule has 2 aromatic carbocycles. The van der Waals surface area contributed by atoms with Crippen LogP contribution in [0.1, 0.15) is 24.0 Å². The van der Waals surface area contributed by atoms with Crippen LogP contribution in [0.25, 0.3) is 27.5 Å². The summed E-state index contributed by atoms with van der Waals surface area (Å²) in [6.45, 7) is 0. The Kier molecular flexibility index (Phi) is 4.99. The maximum absolute atomic E-state index is 5.25. The van der Waals surface area contributed by atoms with Crippen molar-refractivity contribution in [1.82, 2.24) is 24.8 Å². The van der Waals surface area contributed by atoms with Crippen LogP contribution in [0.2, 0.25) is 0 Å². The maximum atomic E-state index is 5.25. The first-order valence-electron chi connectivity index (χ1n) is 11.0. The van der Waals surface area contributed by atoms with Gasteiger partial charge >= 0.3 is 0 Å². The Morgan fingerprint density at radius 1 is 0.909 bits per heavy atom. The fourth-order valence-corrected chi connectivity index (χ4v) is 5.09. The predicted octanol–water partition coefficient (Wildman–Crippen LogP) is 5.55. The molecule has 5 aromatic rings. The summed E-state index contributed by atoms with van der Waals surface area (Å²) in [4.78, 5) is 5.39. The largest absolute Gasteiger partial charge is 0.497 e. The molecule has 3 heterocycles. The zero-order valence-corrected chi connectivity index (χ0v) is 19.0. The fraction of sp³-hybridized carbons (Fsp3) is 0.200. The van der Waals surface area contributed by atoms with Gasteiger partial charge in [0.05, 0.1) is 18.5 Å². The second kappa shape index (κ2) is 8.29. The lowest BCUT2D eigenvalue weighted by atomic mass is 9.90. The minimum atomic E-state index is 0.493. The quantitative estimate of drug-likeness (QED) is 0.375. The monoisotopic (exact) mass is 454 g/mol. The van der Waals surface area contributed by atoms with Gasteiger partial charge < -0.3 is 10.1 Å². The van der Waals surface area contributed by atoms with E-state index >= 15 is 0 Å². The average Bonchev–Trinajstić information content (AvgIpc) is 3.44. The molecule has 7 nitrogen and oxygen atoms in total. The van der Waals surface area contributed by atoms with E-state index in [2.05, 4.69) is 43.8 Å². The van der Waals surface area contributed by atoms with Gasteiger partial charge in [0.25, 0.3) is 0 Å². The van der Waals surface area contributed by atoms with E-state index in [0.29, 0.717) is 11.8 Å². The minimum absolute atomic E-state index is 0.493. The van der Waals surface area contributed by atoms with E-state index in [-0.39, 0.29) is 0 Å². The molecule has 3 aromatic heterocycles. The van der Waals surface area contributed by atoms with Gasteiger partial charge in [0.15, 0.2) is 5.82 Å². The van der Waals surface area contributed by atoms with Crippen LogP contribution in [0.4, 0.5) is 11.8 Å². The standard InChI is InChI=1S/C25H22N6OS/c1-32-20-10-8-17(9-11-20)22-15-33-25-27-24(30-31(22)25)26-23-13-12-21(28-29-23)19-7-6-16-4-2-3-5-18(16)14-19/h6-15H,2-5H2,1H3,(H,26,29,30). The zero-order chi connectivity index (χ0) is 22.2. The number of anilines is 2. The van der Waals surface area contributed by atoms with Crippen molar-refractivity contribution in [2.24, 2.45) is 0 Å². The lowest BCUT2D eigenvalue weighted by molar-refractivity contribution is 0.415. The Balaban J connectivity index is 1.22. The van der Waals surface area contributed by atoms with Crippen LogP contribution in [-0.2, 0) is 12.8 Å². The van der Waals surface area contributed by atoms with Crippen LogP contribution in [-0.4, -0.2) is 31.9 Å². The first-order valence-corrected chi connectivity index (χ1v) is 11.9. The molecule has 0 saturated heterocycles. The van der Waals surface area contributed by atoms with Crippen LogP contribution in [0, 0.1) is 0 Å². The summed E-state index contributed by atoms with van der Waals surface area (Å²) >= 11 is 1.54. The third-order valence-corrected chi connectivity index (χ3v) is 6.83.